The molecule has 8 aromatic heterocycles. The molecule has 2 fully saturated rings. The van der Waals surface area contributed by atoms with Crippen LogP contribution in [-0.4, -0.2) is 94.5 Å². The van der Waals surface area contributed by atoms with Crippen molar-refractivity contribution < 1.29 is 9.47 Å². The third kappa shape index (κ3) is 9.37. The molecule has 2 saturated carbocycles. The number of rotatable bonds is 11. The Kier molecular flexibility index (Phi) is 12.6. The van der Waals surface area contributed by atoms with E-state index in [4.69, 9.17) is 19.7 Å². The Morgan fingerprint density at radius 3 is 1.43 bits per heavy atom. The fraction of sp³-hybridized carbons (Fsp3) is 0.447. The molecule has 0 unspecified atom stereocenters. The maximum atomic E-state index is 11.8. The van der Waals surface area contributed by atoms with Gasteiger partial charge in [-0.1, -0.05) is 0 Å². The summed E-state index contributed by atoms with van der Waals surface area (Å²) in [4.78, 5) is 32.6. The van der Waals surface area contributed by atoms with Crippen molar-refractivity contribution >= 4 is 33.4 Å². The van der Waals surface area contributed by atoms with E-state index in [-0.39, 0.29) is 35.4 Å². The first-order valence-electron chi connectivity index (χ1n) is 22.9. The molecule has 2 aliphatic carbocycles. The summed E-state index contributed by atoms with van der Waals surface area (Å²) >= 11 is 0. The quantitative estimate of drug-likeness (QED) is 0.151. The molecule has 350 valence electrons. The van der Waals surface area contributed by atoms with Crippen LogP contribution in [0.15, 0.2) is 71.0 Å². The van der Waals surface area contributed by atoms with Gasteiger partial charge in [-0.15, -0.1) is 10.2 Å². The summed E-state index contributed by atoms with van der Waals surface area (Å²) in [5.74, 6) is 2.74. The van der Waals surface area contributed by atoms with Gasteiger partial charge in [-0.3, -0.25) is 28.3 Å². The van der Waals surface area contributed by atoms with E-state index in [2.05, 4.69) is 69.4 Å². The lowest BCUT2D eigenvalue weighted by molar-refractivity contribution is 0.122. The molecule has 8 aromatic rings. The van der Waals surface area contributed by atoms with E-state index >= 15 is 0 Å². The van der Waals surface area contributed by atoms with E-state index in [1.54, 1.807) is 35.6 Å². The van der Waals surface area contributed by atoms with Gasteiger partial charge in [0.05, 0.1) is 35.5 Å². The van der Waals surface area contributed by atoms with Gasteiger partial charge >= 0.3 is 0 Å². The zero-order valence-corrected chi connectivity index (χ0v) is 39.3. The number of nitrogens with one attached hydrogen (secondary N) is 2. The monoisotopic (exact) mass is 910 g/mol. The van der Waals surface area contributed by atoms with Crippen LogP contribution >= 0.6 is 0 Å². The highest BCUT2D eigenvalue weighted by Gasteiger charge is 2.30. The van der Waals surface area contributed by atoms with E-state index in [0.29, 0.717) is 11.8 Å². The SMILES string of the molecule is CCNc1cc2c(cn1)c(-c1cnn(C)c1)nn2C1CCC(Oc2nn(C)c(=O)cc2C)CC1.CNc1cc2c(cn1)c(-c1cnn(C)c1)nn2C1CCC(Oc2nn(C)c(=O)cc2C)CC1. The molecule has 0 saturated heterocycles. The van der Waals surface area contributed by atoms with Gasteiger partial charge < -0.3 is 20.1 Å². The molecule has 2 N–H and O–H groups in total. The summed E-state index contributed by atoms with van der Waals surface area (Å²) < 4.78 is 22.9. The van der Waals surface area contributed by atoms with Gasteiger partial charge in [0.2, 0.25) is 11.8 Å². The minimum atomic E-state index is -0.131. The summed E-state index contributed by atoms with van der Waals surface area (Å²) in [6.45, 7) is 6.59. The number of aryl methyl sites for hydroxylation is 6. The molecular weight excluding hydrogens is 853 g/mol. The van der Waals surface area contributed by atoms with Gasteiger partial charge in [0.25, 0.3) is 11.1 Å². The van der Waals surface area contributed by atoms with Crippen molar-refractivity contribution in [2.75, 3.05) is 24.2 Å². The number of ether oxygens (including phenoxy) is 2. The largest absolute Gasteiger partial charge is 0.473 e. The molecule has 20 heteroatoms. The first-order chi connectivity index (χ1) is 32.3. The fourth-order valence-corrected chi connectivity index (χ4v) is 9.12. The molecular formula is C47H58N16O4. The highest BCUT2D eigenvalue weighted by molar-refractivity contribution is 5.94. The average molecular weight is 911 g/mol. The smallest absolute Gasteiger partial charge is 0.266 e. The summed E-state index contributed by atoms with van der Waals surface area (Å²) in [5.41, 5.74) is 7.19. The third-order valence-corrected chi connectivity index (χ3v) is 12.8. The zero-order chi connectivity index (χ0) is 46.9. The van der Waals surface area contributed by atoms with E-state index < -0.39 is 0 Å². The number of hydrogen-bond acceptors (Lipinski definition) is 14. The molecule has 0 aromatic carbocycles. The molecule has 8 heterocycles. The van der Waals surface area contributed by atoms with Gasteiger partial charge in [0.15, 0.2) is 0 Å². The molecule has 0 aliphatic heterocycles. The van der Waals surface area contributed by atoms with Crippen molar-refractivity contribution in [2.45, 2.75) is 96.4 Å². The molecule has 10 rings (SSSR count). The average Bonchev–Trinajstić information content (AvgIpc) is 4.13. The van der Waals surface area contributed by atoms with Crippen LogP contribution in [0.4, 0.5) is 11.6 Å². The second-order valence-electron chi connectivity index (χ2n) is 17.6. The number of pyridine rings is 2. The van der Waals surface area contributed by atoms with Crippen LogP contribution in [0.3, 0.4) is 0 Å². The van der Waals surface area contributed by atoms with E-state index in [1.165, 1.54) is 9.36 Å². The Hall–Kier alpha value is -7.38. The normalized spacial score (nSPS) is 18.4. The Bertz CT molecular complexity index is 3160. The van der Waals surface area contributed by atoms with Crippen molar-refractivity contribution in [1.82, 2.24) is 68.7 Å². The second kappa shape index (κ2) is 18.8. The summed E-state index contributed by atoms with van der Waals surface area (Å²) in [7, 11) is 8.97. The number of fused-ring (bicyclic) bond motifs is 2. The summed E-state index contributed by atoms with van der Waals surface area (Å²) in [6, 6.07) is 7.81. The van der Waals surface area contributed by atoms with Gasteiger partial charge in [0, 0.05) is 124 Å². The fourth-order valence-electron chi connectivity index (χ4n) is 9.12. The molecule has 0 spiro atoms. The Morgan fingerprint density at radius 2 is 1.03 bits per heavy atom. The lowest BCUT2D eigenvalue weighted by Crippen LogP contribution is -2.28. The van der Waals surface area contributed by atoms with Gasteiger partial charge in [-0.05, 0) is 72.1 Å². The van der Waals surface area contributed by atoms with Crippen LogP contribution in [0, 0.1) is 13.8 Å². The van der Waals surface area contributed by atoms with Crippen LogP contribution in [0.1, 0.15) is 81.5 Å². The van der Waals surface area contributed by atoms with Crippen LogP contribution in [0.5, 0.6) is 11.8 Å². The Balaban J connectivity index is 0.000000168. The van der Waals surface area contributed by atoms with Crippen LogP contribution in [0.25, 0.3) is 44.3 Å². The van der Waals surface area contributed by atoms with Crippen LogP contribution < -0.4 is 31.2 Å². The molecule has 0 bridgehead atoms. The van der Waals surface area contributed by atoms with Crippen molar-refractivity contribution in [3.8, 4) is 34.3 Å². The van der Waals surface area contributed by atoms with Crippen LogP contribution in [0.2, 0.25) is 0 Å². The second-order valence-corrected chi connectivity index (χ2v) is 17.6. The highest BCUT2D eigenvalue weighted by atomic mass is 16.5. The molecule has 0 atom stereocenters. The summed E-state index contributed by atoms with van der Waals surface area (Å²) in [5, 5.41) is 35.8. The molecule has 0 amide bonds. The van der Waals surface area contributed by atoms with Crippen LogP contribution in [-0.2, 0) is 28.2 Å². The topological polar surface area (TPSA) is 209 Å². The minimum Gasteiger partial charge on any atom is -0.473 e. The molecule has 2 aliphatic rings. The number of aromatic nitrogens is 14. The lowest BCUT2D eigenvalue weighted by Gasteiger charge is -2.29. The van der Waals surface area contributed by atoms with Crippen molar-refractivity contribution in [2.24, 2.45) is 28.2 Å². The predicted octanol–water partition coefficient (Wildman–Crippen LogP) is 6.07. The number of anilines is 2. The van der Waals surface area contributed by atoms with E-state index in [0.717, 1.165) is 125 Å². The van der Waals surface area contributed by atoms with Gasteiger partial charge in [-0.25, -0.2) is 19.3 Å². The maximum absolute atomic E-state index is 11.8. The molecule has 67 heavy (non-hydrogen) atoms. The Morgan fingerprint density at radius 1 is 0.597 bits per heavy atom. The minimum absolute atomic E-state index is 0.0681. The number of hydrogen-bond donors (Lipinski definition) is 2. The van der Waals surface area contributed by atoms with Gasteiger partial charge in [0.1, 0.15) is 35.2 Å². The zero-order valence-electron chi connectivity index (χ0n) is 39.3. The molecule has 0 radical (unpaired) electrons. The van der Waals surface area contributed by atoms with E-state index in [1.807, 2.05) is 72.2 Å². The predicted molar refractivity (Wildman–Crippen MR) is 255 cm³/mol. The lowest BCUT2D eigenvalue weighted by atomic mass is 9.93. The Labute approximate surface area is 386 Å². The standard InChI is InChI=1S/C24H30N8O2.C23H28N8O2/c1-5-25-21-11-20-19(13-26-21)23(16-12-27-30(3)14-16)28-32(20)17-6-8-18(9-7-17)34-24-15(2)10-22(33)31(4)29-24;1-14-9-21(32)30(4)28-23(14)33-17-7-5-16(6-8-17)31-19-10-20(24-2)25-12-18(19)22(27-31)15-11-26-29(3)13-15/h10-14,17-18H,5-9H2,1-4H3,(H,25,26);9-13,16-17H,5-8H2,1-4H3,(H,24,25). The van der Waals surface area contributed by atoms with Crippen molar-refractivity contribution in [3.05, 3.63) is 93.3 Å². The van der Waals surface area contributed by atoms with Gasteiger partial charge in [-0.2, -0.15) is 20.4 Å². The highest BCUT2D eigenvalue weighted by Crippen LogP contribution is 2.38. The van der Waals surface area contributed by atoms with Crippen molar-refractivity contribution in [3.63, 3.8) is 0 Å². The van der Waals surface area contributed by atoms with E-state index in [9.17, 15) is 9.59 Å². The third-order valence-electron chi connectivity index (χ3n) is 12.8. The maximum Gasteiger partial charge on any atom is 0.266 e. The molecule has 20 nitrogen and oxygen atoms in total. The first kappa shape index (κ1) is 44.8. The number of nitrogens with zero attached hydrogens (tertiary/aromatic N) is 14. The van der Waals surface area contributed by atoms with Crippen molar-refractivity contribution in [1.29, 1.82) is 0 Å². The first-order valence-corrected chi connectivity index (χ1v) is 22.9. The summed E-state index contributed by atoms with van der Waals surface area (Å²) in [6.07, 6.45) is 18.9.